The summed E-state index contributed by atoms with van der Waals surface area (Å²) in [6.45, 7) is 1.36. The van der Waals surface area contributed by atoms with Gasteiger partial charge in [-0.15, -0.1) is 11.3 Å². The quantitative estimate of drug-likeness (QED) is 0.834. The molecule has 1 unspecified atom stereocenters. The van der Waals surface area contributed by atoms with Gasteiger partial charge in [-0.05, 0) is 42.8 Å². The molecule has 0 fully saturated rings. The standard InChI is InChI=1S/C20H25N2O3S/c1-24-15-9-10-17(25-2)16(13-15)21-14-20(23,18-7-6-12-26-18)22-11-5-3-4-8-19(21)22/h6-7,9-10,12-13,23H,3-5,8,11,14H2,1-2H3/q+1. The Morgan fingerprint density at radius 2 is 2.04 bits per heavy atom. The highest BCUT2D eigenvalue weighted by Crippen LogP contribution is 2.41. The van der Waals surface area contributed by atoms with Gasteiger partial charge in [-0.25, -0.2) is 9.48 Å². The molecule has 2 aliphatic heterocycles. The maximum Gasteiger partial charge on any atom is 0.280 e. The third kappa shape index (κ3) is 2.77. The lowest BCUT2D eigenvalue weighted by Crippen LogP contribution is -2.40. The molecule has 4 rings (SSSR count). The van der Waals surface area contributed by atoms with Crippen molar-refractivity contribution in [1.82, 2.24) is 0 Å². The van der Waals surface area contributed by atoms with E-state index in [4.69, 9.17) is 9.47 Å². The second kappa shape index (κ2) is 6.93. The third-order valence-electron chi connectivity index (χ3n) is 5.32. The second-order valence-electron chi connectivity index (χ2n) is 6.80. The Bertz CT molecular complexity index is 818. The highest BCUT2D eigenvalue weighted by molar-refractivity contribution is 7.10. The summed E-state index contributed by atoms with van der Waals surface area (Å²) in [6, 6.07) is 9.86. The van der Waals surface area contributed by atoms with Crippen LogP contribution in [0.3, 0.4) is 0 Å². The van der Waals surface area contributed by atoms with E-state index in [2.05, 4.69) is 9.48 Å². The molecule has 1 N–H and O–H groups in total. The molecule has 2 aliphatic rings. The lowest BCUT2D eigenvalue weighted by Gasteiger charge is -2.22. The molecule has 1 aromatic heterocycles. The van der Waals surface area contributed by atoms with E-state index in [1.807, 2.05) is 35.7 Å². The van der Waals surface area contributed by atoms with E-state index < -0.39 is 5.72 Å². The van der Waals surface area contributed by atoms with Crippen LogP contribution in [0.15, 0.2) is 35.7 Å². The van der Waals surface area contributed by atoms with E-state index in [9.17, 15) is 5.11 Å². The molecule has 26 heavy (non-hydrogen) atoms. The van der Waals surface area contributed by atoms with Gasteiger partial charge in [0.05, 0.1) is 25.6 Å². The fourth-order valence-corrected chi connectivity index (χ4v) is 4.84. The number of aliphatic hydroxyl groups is 1. The van der Waals surface area contributed by atoms with Gasteiger partial charge >= 0.3 is 0 Å². The Hall–Kier alpha value is -2.05. The average molecular weight is 373 g/mol. The van der Waals surface area contributed by atoms with Crippen molar-refractivity contribution < 1.29 is 19.2 Å². The average Bonchev–Trinajstić information content (AvgIpc) is 3.22. The van der Waals surface area contributed by atoms with Gasteiger partial charge in [0.25, 0.3) is 11.6 Å². The maximum absolute atomic E-state index is 11.7. The van der Waals surface area contributed by atoms with Crippen molar-refractivity contribution in [3.05, 3.63) is 40.6 Å². The van der Waals surface area contributed by atoms with Crippen molar-refractivity contribution in [3.8, 4) is 11.5 Å². The summed E-state index contributed by atoms with van der Waals surface area (Å²) in [5, 5.41) is 13.7. The van der Waals surface area contributed by atoms with Crippen molar-refractivity contribution in [2.24, 2.45) is 0 Å². The number of hydrogen-bond donors (Lipinski definition) is 1. The smallest absolute Gasteiger partial charge is 0.280 e. The van der Waals surface area contributed by atoms with Gasteiger partial charge in [0.15, 0.2) is 18.0 Å². The Balaban J connectivity index is 1.84. The number of benzene rings is 1. The van der Waals surface area contributed by atoms with Crippen LogP contribution in [0.2, 0.25) is 0 Å². The highest BCUT2D eigenvalue weighted by Gasteiger charge is 2.53. The van der Waals surface area contributed by atoms with Gasteiger partial charge in [0.2, 0.25) is 0 Å². The molecular formula is C20H25N2O3S+. The molecule has 0 aliphatic carbocycles. The molecule has 0 radical (unpaired) electrons. The first-order valence-electron chi connectivity index (χ1n) is 9.07. The number of methoxy groups -OCH3 is 2. The molecule has 0 spiro atoms. The molecule has 0 bridgehead atoms. The zero-order valence-corrected chi connectivity index (χ0v) is 16.1. The molecule has 0 saturated carbocycles. The minimum Gasteiger partial charge on any atom is -0.497 e. The van der Waals surface area contributed by atoms with Crippen LogP contribution >= 0.6 is 11.3 Å². The van der Waals surface area contributed by atoms with Crippen molar-refractivity contribution >= 4 is 22.9 Å². The SMILES string of the molecule is COc1ccc(OC)c(N2CC(O)(c3cccs3)[N+]3=C2CCCCC3)c1. The van der Waals surface area contributed by atoms with Gasteiger partial charge in [-0.1, -0.05) is 6.07 Å². The monoisotopic (exact) mass is 373 g/mol. The van der Waals surface area contributed by atoms with Crippen LogP contribution < -0.4 is 14.4 Å². The summed E-state index contributed by atoms with van der Waals surface area (Å²) >= 11 is 1.61. The molecule has 0 amide bonds. The maximum atomic E-state index is 11.7. The Morgan fingerprint density at radius 1 is 1.15 bits per heavy atom. The minimum atomic E-state index is -0.998. The Labute approximate surface area is 158 Å². The van der Waals surface area contributed by atoms with Crippen LogP contribution in [0.4, 0.5) is 5.69 Å². The van der Waals surface area contributed by atoms with E-state index in [-0.39, 0.29) is 0 Å². The van der Waals surface area contributed by atoms with Gasteiger partial charge in [-0.3, -0.25) is 0 Å². The number of amidine groups is 1. The Morgan fingerprint density at radius 3 is 2.77 bits per heavy atom. The lowest BCUT2D eigenvalue weighted by molar-refractivity contribution is -0.657. The summed E-state index contributed by atoms with van der Waals surface area (Å²) in [5.41, 5.74) is -0.0525. The largest absolute Gasteiger partial charge is 0.497 e. The topological polar surface area (TPSA) is 44.9 Å². The highest BCUT2D eigenvalue weighted by atomic mass is 32.1. The summed E-state index contributed by atoms with van der Waals surface area (Å²) in [5.74, 6) is 2.75. The minimum absolute atomic E-state index is 0.492. The van der Waals surface area contributed by atoms with Gasteiger partial charge in [0, 0.05) is 12.5 Å². The first-order chi connectivity index (χ1) is 12.7. The zero-order chi connectivity index (χ0) is 18.1. The number of rotatable bonds is 4. The van der Waals surface area contributed by atoms with E-state index in [1.165, 1.54) is 12.3 Å². The molecule has 138 valence electrons. The summed E-state index contributed by atoms with van der Waals surface area (Å²) in [4.78, 5) is 3.20. The lowest BCUT2D eigenvalue weighted by atomic mass is 10.1. The van der Waals surface area contributed by atoms with Crippen molar-refractivity contribution in [2.75, 3.05) is 32.2 Å². The normalized spacial score (nSPS) is 23.0. The fraction of sp³-hybridized carbons (Fsp3) is 0.450. The van der Waals surface area contributed by atoms with Crippen molar-refractivity contribution in [1.29, 1.82) is 0 Å². The van der Waals surface area contributed by atoms with Crippen LogP contribution in [-0.2, 0) is 5.72 Å². The van der Waals surface area contributed by atoms with Crippen LogP contribution in [-0.4, -0.2) is 42.8 Å². The number of ether oxygens (including phenoxy) is 2. The second-order valence-corrected chi connectivity index (χ2v) is 7.74. The third-order valence-corrected chi connectivity index (χ3v) is 6.33. The summed E-state index contributed by atoms with van der Waals surface area (Å²) in [6.07, 6.45) is 4.37. The molecular weight excluding hydrogens is 348 g/mol. The Kier molecular flexibility index (Phi) is 4.63. The predicted molar refractivity (Wildman–Crippen MR) is 104 cm³/mol. The summed E-state index contributed by atoms with van der Waals surface area (Å²) in [7, 11) is 3.35. The molecule has 3 heterocycles. The van der Waals surface area contributed by atoms with Gasteiger partial charge in [-0.2, -0.15) is 0 Å². The fourth-order valence-electron chi connectivity index (χ4n) is 4.02. The molecule has 0 saturated heterocycles. The van der Waals surface area contributed by atoms with Gasteiger partial charge < -0.3 is 14.6 Å². The van der Waals surface area contributed by atoms with Crippen LogP contribution in [0, 0.1) is 0 Å². The van der Waals surface area contributed by atoms with Crippen LogP contribution in [0.25, 0.3) is 0 Å². The predicted octanol–water partition coefficient (Wildman–Crippen LogP) is 3.42. The van der Waals surface area contributed by atoms with Gasteiger partial charge in [0.1, 0.15) is 5.75 Å². The van der Waals surface area contributed by atoms with Crippen molar-refractivity contribution in [2.45, 2.75) is 31.4 Å². The molecule has 2 aromatic rings. The van der Waals surface area contributed by atoms with E-state index in [1.54, 1.807) is 25.6 Å². The number of anilines is 1. The van der Waals surface area contributed by atoms with E-state index in [0.717, 1.165) is 47.9 Å². The first kappa shape index (κ1) is 17.4. The molecule has 1 atom stereocenters. The number of hydrogen-bond acceptors (Lipinski definition) is 5. The number of nitrogens with zero attached hydrogens (tertiary/aromatic N) is 2. The van der Waals surface area contributed by atoms with Crippen LogP contribution in [0.5, 0.6) is 11.5 Å². The molecule has 1 aromatic carbocycles. The van der Waals surface area contributed by atoms with Crippen LogP contribution in [0.1, 0.15) is 30.6 Å². The number of β-amino-alcohol motifs (C(OH)–C–C–N with tert-alkyl or cyclic N) is 1. The summed E-state index contributed by atoms with van der Waals surface area (Å²) < 4.78 is 13.3. The number of thiophene rings is 1. The van der Waals surface area contributed by atoms with E-state index in [0.29, 0.717) is 6.54 Å². The van der Waals surface area contributed by atoms with Crippen molar-refractivity contribution in [3.63, 3.8) is 0 Å². The first-order valence-corrected chi connectivity index (χ1v) is 9.95. The van der Waals surface area contributed by atoms with E-state index >= 15 is 0 Å². The zero-order valence-electron chi connectivity index (χ0n) is 15.3. The molecule has 5 nitrogen and oxygen atoms in total. The molecule has 6 heteroatoms.